The van der Waals surface area contributed by atoms with Gasteiger partial charge in [0, 0.05) is 17.3 Å². The molecule has 0 bridgehead atoms. The zero-order valence-corrected chi connectivity index (χ0v) is 16.3. The Labute approximate surface area is 160 Å². The maximum absolute atomic E-state index is 5.01. The molecule has 0 aliphatic rings. The maximum atomic E-state index is 5.01. The van der Waals surface area contributed by atoms with E-state index in [9.17, 15) is 0 Å². The molecule has 0 saturated carbocycles. The molecule has 0 saturated heterocycles. The number of hydrogen-bond acceptors (Lipinski definition) is 2. The van der Waals surface area contributed by atoms with Crippen LogP contribution in [0.1, 0.15) is 40.9 Å². The predicted octanol–water partition coefficient (Wildman–Crippen LogP) is 6.15. The van der Waals surface area contributed by atoms with E-state index >= 15 is 0 Å². The highest BCUT2D eigenvalue weighted by Crippen LogP contribution is 2.34. The highest BCUT2D eigenvalue weighted by Gasteiger charge is 2.21. The first-order chi connectivity index (χ1) is 13.1. The number of fused-ring (bicyclic) bond motifs is 1. The molecule has 2 heterocycles. The molecule has 0 spiro atoms. The van der Waals surface area contributed by atoms with Gasteiger partial charge >= 0.3 is 0 Å². The summed E-state index contributed by atoms with van der Waals surface area (Å²) in [6, 6.07) is 23.2. The van der Waals surface area contributed by atoms with Gasteiger partial charge in [-0.05, 0) is 49.6 Å². The minimum absolute atomic E-state index is 0.192. The Kier molecular flexibility index (Phi) is 4.44. The molecule has 27 heavy (non-hydrogen) atoms. The molecular formula is C24H25N3. The molecule has 0 unspecified atom stereocenters. The molecule has 0 radical (unpaired) electrons. The fraction of sp³-hybridized carbons (Fsp3) is 0.208. The number of anilines is 2. The van der Waals surface area contributed by atoms with Gasteiger partial charge in [0.05, 0.1) is 5.69 Å². The van der Waals surface area contributed by atoms with E-state index in [2.05, 4.69) is 104 Å². The number of benzene rings is 2. The van der Waals surface area contributed by atoms with E-state index in [0.717, 1.165) is 22.8 Å². The van der Waals surface area contributed by atoms with Crippen LogP contribution in [0.5, 0.6) is 0 Å². The van der Waals surface area contributed by atoms with Crippen LogP contribution in [0, 0.1) is 20.8 Å². The van der Waals surface area contributed by atoms with E-state index in [1.54, 1.807) is 0 Å². The Morgan fingerprint density at radius 3 is 2.19 bits per heavy atom. The third-order valence-corrected chi connectivity index (χ3v) is 5.30. The number of rotatable bonds is 4. The van der Waals surface area contributed by atoms with Crippen LogP contribution in [-0.4, -0.2) is 9.38 Å². The Morgan fingerprint density at radius 2 is 1.48 bits per heavy atom. The Morgan fingerprint density at radius 1 is 0.815 bits per heavy atom. The summed E-state index contributed by atoms with van der Waals surface area (Å²) in [5, 5.41) is 3.72. The van der Waals surface area contributed by atoms with Gasteiger partial charge in [-0.1, -0.05) is 61.5 Å². The lowest BCUT2D eigenvalue weighted by molar-refractivity contribution is 0.887. The maximum Gasteiger partial charge on any atom is 0.139 e. The number of aromatic nitrogens is 2. The summed E-state index contributed by atoms with van der Waals surface area (Å²) in [6.07, 6.45) is 0. The minimum Gasteiger partial charge on any atom is -0.339 e. The zero-order valence-electron chi connectivity index (χ0n) is 16.3. The fourth-order valence-corrected chi connectivity index (χ4v) is 3.72. The molecule has 0 amide bonds. The molecule has 0 aliphatic carbocycles. The van der Waals surface area contributed by atoms with Gasteiger partial charge in [0.25, 0.3) is 0 Å². The third-order valence-electron chi connectivity index (χ3n) is 5.30. The highest BCUT2D eigenvalue weighted by molar-refractivity contribution is 5.70. The molecule has 2 aromatic carbocycles. The van der Waals surface area contributed by atoms with Crippen molar-refractivity contribution in [2.45, 2.75) is 33.6 Å². The van der Waals surface area contributed by atoms with Crippen LogP contribution in [0.3, 0.4) is 0 Å². The van der Waals surface area contributed by atoms with Gasteiger partial charge in [0.15, 0.2) is 0 Å². The quantitative estimate of drug-likeness (QED) is 0.475. The molecule has 4 rings (SSSR count). The summed E-state index contributed by atoms with van der Waals surface area (Å²) < 4.78 is 2.22. The fourth-order valence-electron chi connectivity index (χ4n) is 3.72. The summed E-state index contributed by atoms with van der Waals surface area (Å²) in [5.41, 5.74) is 8.10. The number of nitrogens with zero attached hydrogens (tertiary/aromatic N) is 2. The number of imidazole rings is 1. The predicted molar refractivity (Wildman–Crippen MR) is 113 cm³/mol. The molecule has 136 valence electrons. The van der Waals surface area contributed by atoms with Crippen LogP contribution in [0.25, 0.3) is 5.65 Å². The molecular weight excluding hydrogens is 330 g/mol. The Balaban J connectivity index is 1.92. The summed E-state index contributed by atoms with van der Waals surface area (Å²) in [7, 11) is 0. The number of hydrogen-bond donors (Lipinski definition) is 1. The molecule has 1 atom stereocenters. The lowest BCUT2D eigenvalue weighted by Crippen LogP contribution is -2.05. The standard InChI is InChI=1S/C24H25N3/c1-16-10-8-11-17(2)22(16)26-24-23(19(4)20-13-6-5-7-14-20)25-21-15-9-12-18(3)27(21)24/h5-15,19,26H,1-4H3/t19-/m0/s1. The van der Waals surface area contributed by atoms with Gasteiger partial charge in [0.2, 0.25) is 0 Å². The largest absolute Gasteiger partial charge is 0.339 e. The number of aryl methyl sites for hydroxylation is 3. The number of pyridine rings is 1. The highest BCUT2D eigenvalue weighted by atomic mass is 15.1. The summed E-state index contributed by atoms with van der Waals surface area (Å²) >= 11 is 0. The molecule has 0 aliphatic heterocycles. The summed E-state index contributed by atoms with van der Waals surface area (Å²) in [5.74, 6) is 1.24. The van der Waals surface area contributed by atoms with Gasteiger partial charge in [-0.3, -0.25) is 4.40 Å². The molecule has 0 fully saturated rings. The van der Waals surface area contributed by atoms with Crippen LogP contribution in [0.2, 0.25) is 0 Å². The van der Waals surface area contributed by atoms with E-state index in [0.29, 0.717) is 0 Å². The topological polar surface area (TPSA) is 29.3 Å². The Bertz CT molecular complexity index is 1070. The molecule has 4 aromatic rings. The second-order valence-corrected chi connectivity index (χ2v) is 7.23. The lowest BCUT2D eigenvalue weighted by Gasteiger charge is -2.17. The van der Waals surface area contributed by atoms with Gasteiger partial charge in [-0.25, -0.2) is 4.98 Å². The number of para-hydroxylation sites is 1. The van der Waals surface area contributed by atoms with Gasteiger partial charge < -0.3 is 5.32 Å². The van der Waals surface area contributed by atoms with Crippen LogP contribution >= 0.6 is 0 Å². The van der Waals surface area contributed by atoms with E-state index in [-0.39, 0.29) is 5.92 Å². The minimum atomic E-state index is 0.192. The molecule has 3 nitrogen and oxygen atoms in total. The first kappa shape index (κ1) is 17.3. The normalized spacial score (nSPS) is 12.3. The SMILES string of the molecule is Cc1cccc(C)c1Nc1c([C@@H](C)c2ccccc2)nc2cccc(C)n12. The van der Waals surface area contributed by atoms with Crippen molar-refractivity contribution in [2.75, 3.05) is 5.32 Å². The first-order valence-electron chi connectivity index (χ1n) is 9.42. The second-order valence-electron chi connectivity index (χ2n) is 7.23. The van der Waals surface area contributed by atoms with Crippen LogP contribution in [0.15, 0.2) is 66.7 Å². The van der Waals surface area contributed by atoms with Crippen molar-refractivity contribution in [3.63, 3.8) is 0 Å². The second kappa shape index (κ2) is 6.92. The lowest BCUT2D eigenvalue weighted by atomic mass is 9.97. The average molecular weight is 355 g/mol. The van der Waals surface area contributed by atoms with Crippen LogP contribution in [0.4, 0.5) is 11.5 Å². The smallest absolute Gasteiger partial charge is 0.139 e. The van der Waals surface area contributed by atoms with E-state index in [4.69, 9.17) is 4.98 Å². The van der Waals surface area contributed by atoms with Crippen molar-refractivity contribution < 1.29 is 0 Å². The van der Waals surface area contributed by atoms with Crippen molar-refractivity contribution in [3.8, 4) is 0 Å². The van der Waals surface area contributed by atoms with Crippen molar-refractivity contribution in [1.29, 1.82) is 0 Å². The van der Waals surface area contributed by atoms with E-state index < -0.39 is 0 Å². The molecule has 2 aromatic heterocycles. The average Bonchev–Trinajstić information content (AvgIpc) is 3.04. The van der Waals surface area contributed by atoms with Crippen LogP contribution in [-0.2, 0) is 0 Å². The van der Waals surface area contributed by atoms with Crippen molar-refractivity contribution in [2.24, 2.45) is 0 Å². The van der Waals surface area contributed by atoms with Gasteiger partial charge in [-0.2, -0.15) is 0 Å². The summed E-state index contributed by atoms with van der Waals surface area (Å²) in [4.78, 5) is 5.01. The van der Waals surface area contributed by atoms with E-state index in [1.165, 1.54) is 22.4 Å². The molecule has 3 heteroatoms. The van der Waals surface area contributed by atoms with E-state index in [1.807, 2.05) is 0 Å². The summed E-state index contributed by atoms with van der Waals surface area (Å²) in [6.45, 7) is 8.64. The van der Waals surface area contributed by atoms with Gasteiger partial charge in [-0.15, -0.1) is 0 Å². The van der Waals surface area contributed by atoms with Crippen molar-refractivity contribution in [3.05, 3.63) is 94.8 Å². The molecule has 1 N–H and O–H groups in total. The van der Waals surface area contributed by atoms with Crippen molar-refractivity contribution >= 4 is 17.2 Å². The zero-order chi connectivity index (χ0) is 19.0. The third kappa shape index (κ3) is 3.10. The Hall–Kier alpha value is -3.07. The number of nitrogens with one attached hydrogen (secondary N) is 1. The van der Waals surface area contributed by atoms with Crippen LogP contribution < -0.4 is 5.32 Å². The first-order valence-corrected chi connectivity index (χ1v) is 9.42. The van der Waals surface area contributed by atoms with Gasteiger partial charge in [0.1, 0.15) is 11.5 Å². The monoisotopic (exact) mass is 355 g/mol. The van der Waals surface area contributed by atoms with Crippen molar-refractivity contribution in [1.82, 2.24) is 9.38 Å².